The Morgan fingerprint density at radius 2 is 2.06 bits per heavy atom. The number of hydrogen-bond donors (Lipinski definition) is 2. The third kappa shape index (κ3) is 3.55. The lowest BCUT2D eigenvalue weighted by atomic mass is 10.1. The van der Waals surface area contributed by atoms with Crippen molar-refractivity contribution >= 4 is 6.09 Å². The molecule has 0 aromatic heterocycles. The van der Waals surface area contributed by atoms with Crippen LogP contribution in [0.1, 0.15) is 25.5 Å². The first-order valence-corrected chi connectivity index (χ1v) is 5.32. The van der Waals surface area contributed by atoms with Gasteiger partial charge in [-0.3, -0.25) is 0 Å². The normalized spacial score (nSPS) is 13.9. The fourth-order valence-corrected chi connectivity index (χ4v) is 1.34. The molecule has 0 bridgehead atoms. The van der Waals surface area contributed by atoms with Crippen molar-refractivity contribution in [2.75, 3.05) is 6.54 Å². The van der Waals surface area contributed by atoms with Gasteiger partial charge in [-0.15, -0.1) is 0 Å². The zero-order chi connectivity index (χ0) is 12.0. The third-order valence-corrected chi connectivity index (χ3v) is 2.20. The summed E-state index contributed by atoms with van der Waals surface area (Å²) in [5, 5.41) is 12.4. The monoisotopic (exact) mass is 223 g/mol. The van der Waals surface area contributed by atoms with E-state index < -0.39 is 18.3 Å². The summed E-state index contributed by atoms with van der Waals surface area (Å²) in [6.45, 7) is 3.97. The standard InChI is InChI=1S/C12H17NO3/c1-3-13-12(15)16-9(2)11(14)10-7-5-4-6-8-10/h4-9,11,14H,3H2,1-2H3,(H,13,15)/t9-,11-/m0/s1. The lowest BCUT2D eigenvalue weighted by Gasteiger charge is -2.19. The number of hydrogen-bond acceptors (Lipinski definition) is 3. The van der Waals surface area contributed by atoms with E-state index in [1.807, 2.05) is 18.2 Å². The third-order valence-electron chi connectivity index (χ3n) is 2.20. The molecule has 4 heteroatoms. The number of nitrogens with one attached hydrogen (secondary N) is 1. The molecule has 0 saturated carbocycles. The van der Waals surface area contributed by atoms with Gasteiger partial charge in [0.2, 0.25) is 0 Å². The molecule has 4 nitrogen and oxygen atoms in total. The number of aliphatic hydroxyl groups is 1. The van der Waals surface area contributed by atoms with Gasteiger partial charge in [-0.2, -0.15) is 0 Å². The Labute approximate surface area is 95.2 Å². The van der Waals surface area contributed by atoms with Crippen molar-refractivity contribution < 1.29 is 14.6 Å². The van der Waals surface area contributed by atoms with Crippen molar-refractivity contribution in [1.29, 1.82) is 0 Å². The molecule has 0 saturated heterocycles. The minimum Gasteiger partial charge on any atom is -0.443 e. The lowest BCUT2D eigenvalue weighted by molar-refractivity contribution is 0.0121. The molecule has 0 fully saturated rings. The number of aliphatic hydroxyl groups excluding tert-OH is 1. The average molecular weight is 223 g/mol. The number of alkyl carbamates (subject to hydrolysis) is 1. The van der Waals surface area contributed by atoms with Crippen LogP contribution in [-0.2, 0) is 4.74 Å². The van der Waals surface area contributed by atoms with Gasteiger partial charge in [0.15, 0.2) is 0 Å². The van der Waals surface area contributed by atoms with Crippen molar-refractivity contribution in [3.8, 4) is 0 Å². The number of benzene rings is 1. The maximum atomic E-state index is 11.1. The van der Waals surface area contributed by atoms with Crippen LogP contribution in [0, 0.1) is 0 Å². The molecule has 1 amide bonds. The molecule has 88 valence electrons. The number of carbonyl (C=O) groups is 1. The van der Waals surface area contributed by atoms with E-state index in [1.165, 1.54) is 0 Å². The summed E-state index contributed by atoms with van der Waals surface area (Å²) >= 11 is 0. The molecule has 0 aliphatic rings. The zero-order valence-corrected chi connectivity index (χ0v) is 9.51. The van der Waals surface area contributed by atoms with E-state index in [9.17, 15) is 9.90 Å². The molecule has 0 radical (unpaired) electrons. The van der Waals surface area contributed by atoms with Gasteiger partial charge in [-0.25, -0.2) is 4.79 Å². The number of ether oxygens (including phenoxy) is 1. The van der Waals surface area contributed by atoms with Crippen molar-refractivity contribution in [2.24, 2.45) is 0 Å². The summed E-state index contributed by atoms with van der Waals surface area (Å²) < 4.78 is 5.01. The number of rotatable bonds is 4. The molecule has 0 aliphatic heterocycles. The Hall–Kier alpha value is -1.55. The summed E-state index contributed by atoms with van der Waals surface area (Å²) in [5.74, 6) is 0. The SMILES string of the molecule is CCNC(=O)O[C@@H](C)[C@H](O)c1ccccc1. The van der Waals surface area contributed by atoms with Crippen LogP contribution in [0.2, 0.25) is 0 Å². The van der Waals surface area contributed by atoms with Gasteiger partial charge in [0.05, 0.1) is 0 Å². The van der Waals surface area contributed by atoms with Gasteiger partial charge >= 0.3 is 6.09 Å². The summed E-state index contributed by atoms with van der Waals surface area (Å²) in [4.78, 5) is 11.1. The van der Waals surface area contributed by atoms with E-state index in [4.69, 9.17) is 4.74 Å². The molecule has 2 N–H and O–H groups in total. The molecule has 0 spiro atoms. The van der Waals surface area contributed by atoms with E-state index in [1.54, 1.807) is 26.0 Å². The minimum atomic E-state index is -0.802. The van der Waals surface area contributed by atoms with Crippen LogP contribution < -0.4 is 5.32 Å². The van der Waals surface area contributed by atoms with E-state index in [2.05, 4.69) is 5.32 Å². The highest BCUT2D eigenvalue weighted by molar-refractivity contribution is 5.67. The van der Waals surface area contributed by atoms with Gasteiger partial charge in [-0.1, -0.05) is 30.3 Å². The van der Waals surface area contributed by atoms with E-state index in [0.717, 1.165) is 5.56 Å². The van der Waals surface area contributed by atoms with Gasteiger partial charge in [-0.05, 0) is 19.4 Å². The van der Waals surface area contributed by atoms with Crippen molar-refractivity contribution in [2.45, 2.75) is 26.1 Å². The van der Waals surface area contributed by atoms with Crippen molar-refractivity contribution in [1.82, 2.24) is 5.32 Å². The Kier molecular flexibility index (Phi) is 4.79. The van der Waals surface area contributed by atoms with Gasteiger partial charge in [0, 0.05) is 6.54 Å². The van der Waals surface area contributed by atoms with Crippen LogP contribution in [0.25, 0.3) is 0 Å². The Morgan fingerprint density at radius 3 is 2.62 bits per heavy atom. The first-order valence-electron chi connectivity index (χ1n) is 5.32. The first kappa shape index (κ1) is 12.5. The molecule has 1 aromatic carbocycles. The lowest BCUT2D eigenvalue weighted by Crippen LogP contribution is -2.30. The molecular formula is C12H17NO3. The van der Waals surface area contributed by atoms with Gasteiger partial charge in [0.25, 0.3) is 0 Å². The van der Waals surface area contributed by atoms with Crippen LogP contribution in [0.4, 0.5) is 4.79 Å². The Morgan fingerprint density at radius 1 is 1.44 bits per heavy atom. The predicted molar refractivity (Wildman–Crippen MR) is 61.0 cm³/mol. The highest BCUT2D eigenvalue weighted by atomic mass is 16.6. The van der Waals surface area contributed by atoms with E-state index >= 15 is 0 Å². The topological polar surface area (TPSA) is 58.6 Å². The fourth-order valence-electron chi connectivity index (χ4n) is 1.34. The highest BCUT2D eigenvalue weighted by Gasteiger charge is 2.19. The average Bonchev–Trinajstić information content (AvgIpc) is 2.29. The summed E-state index contributed by atoms with van der Waals surface area (Å²) in [5.41, 5.74) is 0.735. The van der Waals surface area contributed by atoms with Crippen LogP contribution in [0.5, 0.6) is 0 Å². The molecule has 1 rings (SSSR count). The summed E-state index contributed by atoms with van der Waals surface area (Å²) in [6.07, 6.45) is -1.89. The molecule has 16 heavy (non-hydrogen) atoms. The largest absolute Gasteiger partial charge is 0.443 e. The second-order valence-electron chi connectivity index (χ2n) is 3.50. The zero-order valence-electron chi connectivity index (χ0n) is 9.51. The fraction of sp³-hybridized carbons (Fsp3) is 0.417. The molecule has 2 atom stereocenters. The quantitative estimate of drug-likeness (QED) is 0.819. The Bertz CT molecular complexity index is 326. The molecule has 0 heterocycles. The van der Waals surface area contributed by atoms with E-state index in [0.29, 0.717) is 6.54 Å². The summed E-state index contributed by atoms with van der Waals surface area (Å²) in [7, 11) is 0. The van der Waals surface area contributed by atoms with Crippen LogP contribution in [-0.4, -0.2) is 23.8 Å². The summed E-state index contributed by atoms with van der Waals surface area (Å²) in [6, 6.07) is 9.12. The molecule has 0 aliphatic carbocycles. The van der Waals surface area contributed by atoms with Crippen LogP contribution in [0.15, 0.2) is 30.3 Å². The number of carbonyl (C=O) groups excluding carboxylic acids is 1. The second-order valence-corrected chi connectivity index (χ2v) is 3.50. The van der Waals surface area contributed by atoms with Gasteiger partial charge in [0.1, 0.15) is 12.2 Å². The first-order chi connectivity index (χ1) is 7.65. The van der Waals surface area contributed by atoms with Crippen molar-refractivity contribution in [3.05, 3.63) is 35.9 Å². The maximum Gasteiger partial charge on any atom is 0.407 e. The van der Waals surface area contributed by atoms with E-state index in [-0.39, 0.29) is 0 Å². The van der Waals surface area contributed by atoms with Crippen LogP contribution >= 0.6 is 0 Å². The highest BCUT2D eigenvalue weighted by Crippen LogP contribution is 2.18. The van der Waals surface area contributed by atoms with Crippen LogP contribution in [0.3, 0.4) is 0 Å². The molecular weight excluding hydrogens is 206 g/mol. The molecule has 0 unspecified atom stereocenters. The molecule has 1 aromatic rings. The van der Waals surface area contributed by atoms with Crippen molar-refractivity contribution in [3.63, 3.8) is 0 Å². The maximum absolute atomic E-state index is 11.1. The predicted octanol–water partition coefficient (Wildman–Crippen LogP) is 1.85. The minimum absolute atomic E-state index is 0.507. The van der Waals surface area contributed by atoms with Gasteiger partial charge < -0.3 is 15.2 Å². The number of amides is 1. The second kappa shape index (κ2) is 6.12. The Balaban J connectivity index is 2.54. The smallest absolute Gasteiger partial charge is 0.407 e.